The van der Waals surface area contributed by atoms with Crippen molar-refractivity contribution in [2.75, 3.05) is 0 Å². The summed E-state index contributed by atoms with van der Waals surface area (Å²) < 4.78 is 16.6. The van der Waals surface area contributed by atoms with E-state index < -0.39 is 11.6 Å². The first-order valence-corrected chi connectivity index (χ1v) is 5.82. The normalized spacial score (nSPS) is 7.88. The largest absolute Gasteiger partial charge is 0.335 e. The maximum absolute atomic E-state index is 8.29. The van der Waals surface area contributed by atoms with Gasteiger partial charge in [0.15, 0.2) is 0 Å². The highest BCUT2D eigenvalue weighted by atomic mass is 32.1. The van der Waals surface area contributed by atoms with Gasteiger partial charge in [0.2, 0.25) is 0 Å². The number of hydrogen-bond donors (Lipinski definition) is 0. The first kappa shape index (κ1) is 15.3. The van der Waals surface area contributed by atoms with E-state index in [0.29, 0.717) is 0 Å². The Kier molecular flexibility index (Phi) is 9.67. The molecule has 0 aliphatic carbocycles. The van der Waals surface area contributed by atoms with Crippen LogP contribution in [0.1, 0.15) is 11.1 Å². The van der Waals surface area contributed by atoms with E-state index in [2.05, 4.69) is 38.1 Å². The molecule has 2 aromatic rings. The van der Waals surface area contributed by atoms with Gasteiger partial charge in [-0.25, -0.2) is 0 Å². The Bertz CT molecular complexity index is 383. The first-order valence-electron chi connectivity index (χ1n) is 5.15. The van der Waals surface area contributed by atoms with Gasteiger partial charge in [-0.05, 0) is 13.8 Å². The summed E-state index contributed by atoms with van der Waals surface area (Å²) in [5.41, 5.74) is 2.64. The van der Waals surface area contributed by atoms with Gasteiger partial charge in [0, 0.05) is 0 Å². The van der Waals surface area contributed by atoms with Crippen LogP contribution < -0.4 is 0 Å². The molecule has 0 radical (unpaired) electrons. The second-order valence-corrected chi connectivity index (χ2v) is 3.51. The van der Waals surface area contributed by atoms with Crippen molar-refractivity contribution in [1.29, 1.82) is 0 Å². The summed E-state index contributed by atoms with van der Waals surface area (Å²) in [5.74, 6) is 0. The molecular weight excluding hydrogens is 232 g/mol. The zero-order chi connectivity index (χ0) is 12.9. The van der Waals surface area contributed by atoms with Gasteiger partial charge in [-0.1, -0.05) is 71.8 Å². The summed E-state index contributed by atoms with van der Waals surface area (Å²) in [6.07, 6.45) is 0. The van der Waals surface area contributed by atoms with Crippen molar-refractivity contribution in [2.45, 2.75) is 13.8 Å². The lowest BCUT2D eigenvalue weighted by Crippen LogP contribution is -1.62. The van der Waals surface area contributed by atoms with Crippen molar-refractivity contribution in [1.82, 2.24) is 0 Å². The Morgan fingerprint density at radius 3 is 1.00 bits per heavy atom. The number of hydrogen-bond acceptors (Lipinski definition) is 2. The molecule has 90 valence electrons. The summed E-state index contributed by atoms with van der Waals surface area (Å²) in [6.45, 7) is 4.17. The summed E-state index contributed by atoms with van der Waals surface area (Å²) in [7, 11) is 0. The molecule has 0 amide bonds. The molecule has 0 heterocycles. The van der Waals surface area contributed by atoms with Crippen LogP contribution in [-0.2, 0) is 11.6 Å². The van der Waals surface area contributed by atoms with E-state index in [4.69, 9.17) is 8.42 Å². The first-order chi connectivity index (χ1) is 8.20. The lowest BCUT2D eigenvalue weighted by molar-refractivity contribution is 0.630. The molecule has 2 nitrogen and oxygen atoms in total. The van der Waals surface area contributed by atoms with Crippen molar-refractivity contribution in [3.63, 3.8) is 0 Å². The Labute approximate surface area is 106 Å². The molecule has 0 N–H and O–H groups in total. The van der Waals surface area contributed by atoms with E-state index in [9.17, 15) is 0 Å². The van der Waals surface area contributed by atoms with Gasteiger partial charge in [0.25, 0.3) is 0 Å². The summed E-state index contributed by atoms with van der Waals surface area (Å²) in [4.78, 5) is 0. The van der Waals surface area contributed by atoms with Crippen LogP contribution in [0, 0.1) is 13.8 Å². The average Bonchev–Trinajstić information content (AvgIpc) is 2.33. The smallest absolute Gasteiger partial charge is 0.168 e. The summed E-state index contributed by atoms with van der Waals surface area (Å²) in [6, 6.07) is 20.5. The standard InChI is InChI=1S/2C7H8.O2S/c2*1-7-5-3-2-4-6-7;1-3-2/h2*2-6H,1H3;. The zero-order valence-corrected chi connectivity index (χ0v) is 10.8. The topological polar surface area (TPSA) is 34.1 Å². The monoisotopic (exact) mass is 248 g/mol. The van der Waals surface area contributed by atoms with Crippen LogP contribution >= 0.6 is 0 Å². The molecule has 0 fully saturated rings. The Hall–Kier alpha value is -1.74. The lowest BCUT2D eigenvalue weighted by Gasteiger charge is -1.82. The maximum Gasteiger partial charge on any atom is 0.335 e. The molecule has 0 saturated heterocycles. The highest BCUT2D eigenvalue weighted by Gasteiger charge is 1.72. The van der Waals surface area contributed by atoms with E-state index in [-0.39, 0.29) is 0 Å². The second-order valence-electron chi connectivity index (χ2n) is 3.38. The van der Waals surface area contributed by atoms with E-state index in [1.807, 2.05) is 36.4 Å². The van der Waals surface area contributed by atoms with Gasteiger partial charge >= 0.3 is 11.6 Å². The van der Waals surface area contributed by atoms with E-state index in [1.54, 1.807) is 0 Å². The molecule has 0 aliphatic rings. The molecule has 3 heteroatoms. The average molecular weight is 248 g/mol. The predicted molar refractivity (Wildman–Crippen MR) is 71.3 cm³/mol. The second kappa shape index (κ2) is 10.8. The van der Waals surface area contributed by atoms with E-state index in [0.717, 1.165) is 0 Å². The van der Waals surface area contributed by atoms with Gasteiger partial charge in [0.05, 0.1) is 0 Å². The van der Waals surface area contributed by atoms with Crippen LogP contribution in [0.3, 0.4) is 0 Å². The molecule has 0 saturated carbocycles. The molecule has 0 aliphatic heterocycles. The van der Waals surface area contributed by atoms with E-state index in [1.165, 1.54) is 11.1 Å². The molecule has 0 aromatic heterocycles. The Morgan fingerprint density at radius 2 is 0.882 bits per heavy atom. The lowest BCUT2D eigenvalue weighted by atomic mass is 10.2. The number of rotatable bonds is 0. The highest BCUT2D eigenvalue weighted by molar-refractivity contribution is 7.51. The van der Waals surface area contributed by atoms with Crippen molar-refractivity contribution >= 4 is 11.6 Å². The fraction of sp³-hybridized carbons (Fsp3) is 0.143. The third kappa shape index (κ3) is 10.5. The van der Waals surface area contributed by atoms with Gasteiger partial charge in [-0.2, -0.15) is 8.42 Å². The quantitative estimate of drug-likeness (QED) is 0.716. The fourth-order valence-corrected chi connectivity index (χ4v) is 1.07. The van der Waals surface area contributed by atoms with Gasteiger partial charge in [-0.3, -0.25) is 0 Å². The van der Waals surface area contributed by atoms with E-state index >= 15 is 0 Å². The molecule has 0 bridgehead atoms. The molecular formula is C14H16O2S. The minimum Gasteiger partial charge on any atom is -0.168 e. The fourth-order valence-electron chi connectivity index (χ4n) is 1.07. The van der Waals surface area contributed by atoms with Crippen LogP contribution in [0.15, 0.2) is 60.7 Å². The predicted octanol–water partition coefficient (Wildman–Crippen LogP) is 3.32. The van der Waals surface area contributed by atoms with Crippen molar-refractivity contribution < 1.29 is 8.42 Å². The maximum atomic E-state index is 8.29. The number of aryl methyl sites for hydroxylation is 2. The molecule has 0 atom stereocenters. The summed E-state index contributed by atoms with van der Waals surface area (Å²) >= 11 is -0.750. The van der Waals surface area contributed by atoms with Crippen molar-refractivity contribution in [3.8, 4) is 0 Å². The molecule has 2 aromatic carbocycles. The highest BCUT2D eigenvalue weighted by Crippen LogP contribution is 1.92. The van der Waals surface area contributed by atoms with Crippen LogP contribution in [0.4, 0.5) is 0 Å². The van der Waals surface area contributed by atoms with Crippen molar-refractivity contribution in [3.05, 3.63) is 71.8 Å². The third-order valence-electron chi connectivity index (χ3n) is 1.88. The molecule has 2 rings (SSSR count). The van der Waals surface area contributed by atoms with Crippen LogP contribution in [0.2, 0.25) is 0 Å². The van der Waals surface area contributed by atoms with Crippen molar-refractivity contribution in [2.24, 2.45) is 0 Å². The van der Waals surface area contributed by atoms with Gasteiger partial charge in [0.1, 0.15) is 0 Å². The van der Waals surface area contributed by atoms with Crippen LogP contribution in [0.5, 0.6) is 0 Å². The molecule has 0 spiro atoms. The SMILES string of the molecule is Cc1ccccc1.Cc1ccccc1.O=S=O. The minimum absolute atomic E-state index is 0.750. The molecule has 0 unspecified atom stereocenters. The third-order valence-corrected chi connectivity index (χ3v) is 1.88. The Morgan fingerprint density at radius 1 is 0.647 bits per heavy atom. The zero-order valence-electron chi connectivity index (χ0n) is 10.00. The Balaban J connectivity index is 0.000000247. The summed E-state index contributed by atoms with van der Waals surface area (Å²) in [5, 5.41) is 0. The van der Waals surface area contributed by atoms with Crippen LogP contribution in [-0.4, -0.2) is 8.42 Å². The molecule has 17 heavy (non-hydrogen) atoms. The number of benzene rings is 2. The van der Waals surface area contributed by atoms with Crippen LogP contribution in [0.25, 0.3) is 0 Å². The van der Waals surface area contributed by atoms with Gasteiger partial charge in [-0.15, -0.1) is 0 Å². The minimum atomic E-state index is -0.750. The van der Waals surface area contributed by atoms with Gasteiger partial charge < -0.3 is 0 Å².